The minimum Gasteiger partial charge on any atom is -0.478 e. The van der Waals surface area contributed by atoms with Crippen LogP contribution in [0, 0.1) is 5.92 Å². The monoisotopic (exact) mass is 258 g/mol. The summed E-state index contributed by atoms with van der Waals surface area (Å²) in [5.74, 6) is -0.393. The van der Waals surface area contributed by atoms with Crippen LogP contribution in [-0.2, 0) is 0 Å². The molecule has 0 fully saturated rings. The summed E-state index contributed by atoms with van der Waals surface area (Å²) in [4.78, 5) is 11.7. The Kier molecular flexibility index (Phi) is 4.69. The molecule has 16 heavy (non-hydrogen) atoms. The van der Waals surface area contributed by atoms with Crippen molar-refractivity contribution in [3.8, 4) is 0 Å². The second-order valence-corrected chi connectivity index (χ2v) is 5.84. The normalized spacial score (nSPS) is 12.8. The fraction of sp³-hybridized carbons (Fsp3) is 0.417. The Balaban J connectivity index is 2.87. The van der Waals surface area contributed by atoms with E-state index in [0.29, 0.717) is 16.2 Å². The van der Waals surface area contributed by atoms with Crippen molar-refractivity contribution < 1.29 is 9.90 Å². The van der Waals surface area contributed by atoms with E-state index in [4.69, 9.17) is 16.7 Å². The van der Waals surface area contributed by atoms with Gasteiger partial charge >= 0.3 is 5.97 Å². The SMILES string of the molecule is CC(C)C(C)Sc1ccc(C(=O)O)cc1Cl. The molecular weight excluding hydrogens is 244 g/mol. The van der Waals surface area contributed by atoms with Crippen LogP contribution in [0.2, 0.25) is 5.02 Å². The van der Waals surface area contributed by atoms with Gasteiger partial charge in [-0.15, -0.1) is 11.8 Å². The van der Waals surface area contributed by atoms with E-state index in [0.717, 1.165) is 4.90 Å². The summed E-state index contributed by atoms with van der Waals surface area (Å²) < 4.78 is 0. The minimum atomic E-state index is -0.949. The zero-order chi connectivity index (χ0) is 12.3. The maximum absolute atomic E-state index is 10.7. The molecule has 1 N–H and O–H groups in total. The van der Waals surface area contributed by atoms with E-state index in [9.17, 15) is 4.79 Å². The summed E-state index contributed by atoms with van der Waals surface area (Å²) in [5, 5.41) is 9.77. The molecular formula is C12H15ClO2S. The maximum atomic E-state index is 10.7. The van der Waals surface area contributed by atoms with Crippen LogP contribution in [0.4, 0.5) is 0 Å². The smallest absolute Gasteiger partial charge is 0.335 e. The van der Waals surface area contributed by atoms with Crippen LogP contribution in [0.15, 0.2) is 23.1 Å². The molecule has 0 bridgehead atoms. The van der Waals surface area contributed by atoms with Crippen LogP contribution < -0.4 is 0 Å². The minimum absolute atomic E-state index is 0.228. The Labute approximate surface area is 105 Å². The second-order valence-electron chi connectivity index (χ2n) is 4.02. The topological polar surface area (TPSA) is 37.3 Å². The summed E-state index contributed by atoms with van der Waals surface area (Å²) >= 11 is 7.71. The lowest BCUT2D eigenvalue weighted by molar-refractivity contribution is 0.0697. The molecule has 2 nitrogen and oxygen atoms in total. The van der Waals surface area contributed by atoms with E-state index in [1.165, 1.54) is 6.07 Å². The van der Waals surface area contributed by atoms with Gasteiger partial charge < -0.3 is 5.11 Å². The van der Waals surface area contributed by atoms with Crippen LogP contribution in [0.25, 0.3) is 0 Å². The van der Waals surface area contributed by atoms with Gasteiger partial charge in [-0.25, -0.2) is 4.79 Å². The molecule has 0 amide bonds. The van der Waals surface area contributed by atoms with Crippen molar-refractivity contribution >= 4 is 29.3 Å². The van der Waals surface area contributed by atoms with Gasteiger partial charge in [0.2, 0.25) is 0 Å². The third kappa shape index (κ3) is 3.42. The molecule has 1 aromatic rings. The van der Waals surface area contributed by atoms with E-state index >= 15 is 0 Å². The van der Waals surface area contributed by atoms with E-state index in [1.54, 1.807) is 23.9 Å². The van der Waals surface area contributed by atoms with Gasteiger partial charge in [0, 0.05) is 10.1 Å². The van der Waals surface area contributed by atoms with Gasteiger partial charge in [0.15, 0.2) is 0 Å². The highest BCUT2D eigenvalue weighted by atomic mass is 35.5. The van der Waals surface area contributed by atoms with Gasteiger partial charge in [0.1, 0.15) is 0 Å². The highest BCUT2D eigenvalue weighted by Gasteiger charge is 2.12. The number of carboxylic acid groups (broad SMARTS) is 1. The van der Waals surface area contributed by atoms with Gasteiger partial charge in [0.25, 0.3) is 0 Å². The van der Waals surface area contributed by atoms with Gasteiger partial charge in [-0.05, 0) is 24.1 Å². The average molecular weight is 259 g/mol. The summed E-state index contributed by atoms with van der Waals surface area (Å²) in [5.41, 5.74) is 0.228. The number of hydrogen-bond donors (Lipinski definition) is 1. The Morgan fingerprint density at radius 2 is 2.00 bits per heavy atom. The average Bonchev–Trinajstić information content (AvgIpc) is 2.20. The number of carboxylic acids is 1. The molecule has 1 aromatic carbocycles. The fourth-order valence-electron chi connectivity index (χ4n) is 1.07. The molecule has 0 spiro atoms. The Bertz CT molecular complexity index is 391. The molecule has 88 valence electrons. The Hall–Kier alpha value is -0.670. The molecule has 0 saturated heterocycles. The van der Waals surface area contributed by atoms with Gasteiger partial charge in [-0.1, -0.05) is 32.4 Å². The molecule has 0 saturated carbocycles. The summed E-state index contributed by atoms with van der Waals surface area (Å²) in [7, 11) is 0. The van der Waals surface area contributed by atoms with Crippen molar-refractivity contribution in [3.63, 3.8) is 0 Å². The lowest BCUT2D eigenvalue weighted by atomic mass is 10.2. The number of benzene rings is 1. The Morgan fingerprint density at radius 3 is 2.44 bits per heavy atom. The third-order valence-electron chi connectivity index (χ3n) is 2.43. The molecule has 0 aromatic heterocycles. The number of hydrogen-bond acceptors (Lipinski definition) is 2. The van der Waals surface area contributed by atoms with Crippen LogP contribution in [0.5, 0.6) is 0 Å². The number of aromatic carboxylic acids is 1. The molecule has 0 radical (unpaired) electrons. The molecule has 0 aliphatic heterocycles. The van der Waals surface area contributed by atoms with Crippen molar-refractivity contribution in [2.45, 2.75) is 30.9 Å². The van der Waals surface area contributed by atoms with Crippen molar-refractivity contribution in [3.05, 3.63) is 28.8 Å². The lowest BCUT2D eigenvalue weighted by Crippen LogP contribution is -2.05. The van der Waals surface area contributed by atoms with Gasteiger partial charge in [-0.2, -0.15) is 0 Å². The van der Waals surface area contributed by atoms with Gasteiger partial charge in [-0.3, -0.25) is 0 Å². The maximum Gasteiger partial charge on any atom is 0.335 e. The van der Waals surface area contributed by atoms with Crippen LogP contribution in [-0.4, -0.2) is 16.3 Å². The molecule has 4 heteroatoms. The van der Waals surface area contributed by atoms with E-state index in [-0.39, 0.29) is 5.56 Å². The highest BCUT2D eigenvalue weighted by molar-refractivity contribution is 8.00. The van der Waals surface area contributed by atoms with E-state index in [1.807, 2.05) is 0 Å². The zero-order valence-electron chi connectivity index (χ0n) is 9.53. The lowest BCUT2D eigenvalue weighted by Gasteiger charge is -2.15. The fourth-order valence-corrected chi connectivity index (χ4v) is 2.37. The van der Waals surface area contributed by atoms with Crippen LogP contribution >= 0.6 is 23.4 Å². The van der Waals surface area contributed by atoms with Gasteiger partial charge in [0.05, 0.1) is 10.6 Å². The first-order chi connectivity index (χ1) is 7.41. The predicted octanol–water partition coefficient (Wildman–Crippen LogP) is 4.17. The number of thioether (sulfide) groups is 1. The standard InChI is InChI=1S/C12H15ClO2S/c1-7(2)8(3)16-11-5-4-9(12(14)15)6-10(11)13/h4-8H,1-3H3,(H,14,15). The van der Waals surface area contributed by atoms with Crippen LogP contribution in [0.1, 0.15) is 31.1 Å². The number of carbonyl (C=O) groups is 1. The molecule has 1 atom stereocenters. The van der Waals surface area contributed by atoms with Crippen LogP contribution in [0.3, 0.4) is 0 Å². The molecule has 1 rings (SSSR count). The first-order valence-electron chi connectivity index (χ1n) is 5.11. The quantitative estimate of drug-likeness (QED) is 0.824. The Morgan fingerprint density at radius 1 is 1.38 bits per heavy atom. The number of rotatable bonds is 4. The van der Waals surface area contributed by atoms with Crippen molar-refractivity contribution in [1.29, 1.82) is 0 Å². The van der Waals surface area contributed by atoms with Crippen molar-refractivity contribution in [2.24, 2.45) is 5.92 Å². The summed E-state index contributed by atoms with van der Waals surface area (Å²) in [6, 6.07) is 4.86. The summed E-state index contributed by atoms with van der Waals surface area (Å²) in [6.45, 7) is 6.44. The molecule has 0 aliphatic carbocycles. The van der Waals surface area contributed by atoms with Crippen molar-refractivity contribution in [1.82, 2.24) is 0 Å². The first-order valence-corrected chi connectivity index (χ1v) is 6.37. The second kappa shape index (κ2) is 5.60. The molecule has 0 aliphatic rings. The predicted molar refractivity (Wildman–Crippen MR) is 68.6 cm³/mol. The summed E-state index contributed by atoms with van der Waals surface area (Å²) in [6.07, 6.45) is 0. The van der Waals surface area contributed by atoms with E-state index < -0.39 is 5.97 Å². The number of halogens is 1. The van der Waals surface area contributed by atoms with Crippen molar-refractivity contribution in [2.75, 3.05) is 0 Å². The van der Waals surface area contributed by atoms with E-state index in [2.05, 4.69) is 20.8 Å². The molecule has 0 heterocycles. The third-order valence-corrected chi connectivity index (χ3v) is 4.38. The highest BCUT2D eigenvalue weighted by Crippen LogP contribution is 2.33. The first kappa shape index (κ1) is 13.4. The molecule has 1 unspecified atom stereocenters. The zero-order valence-corrected chi connectivity index (χ0v) is 11.1. The largest absolute Gasteiger partial charge is 0.478 e.